The van der Waals surface area contributed by atoms with Crippen LogP contribution in [0.3, 0.4) is 0 Å². The van der Waals surface area contributed by atoms with Gasteiger partial charge in [0, 0.05) is 45.3 Å². The van der Waals surface area contributed by atoms with Crippen molar-refractivity contribution in [1.82, 2.24) is 20.4 Å². The molecule has 0 amide bonds. The predicted molar refractivity (Wildman–Crippen MR) is 135 cm³/mol. The maximum absolute atomic E-state index is 5.40. The largest absolute Gasteiger partial charge is 0.493 e. The number of hydrogen-bond donors (Lipinski definition) is 2. The van der Waals surface area contributed by atoms with Crippen LogP contribution in [0.25, 0.3) is 0 Å². The van der Waals surface area contributed by atoms with Crippen LogP contribution in [0.15, 0.2) is 23.2 Å². The molecule has 1 atom stereocenters. The molecule has 7 nitrogen and oxygen atoms in total. The molecule has 0 bridgehead atoms. The van der Waals surface area contributed by atoms with Crippen molar-refractivity contribution in [1.29, 1.82) is 0 Å². The smallest absolute Gasteiger partial charge is 0.191 e. The number of hydrogen-bond acceptors (Lipinski definition) is 5. The van der Waals surface area contributed by atoms with E-state index in [1.807, 2.05) is 18.2 Å². The lowest BCUT2D eigenvalue weighted by atomic mass is 10.0. The lowest BCUT2D eigenvalue weighted by molar-refractivity contribution is 0.0900. The van der Waals surface area contributed by atoms with Crippen molar-refractivity contribution >= 4 is 29.9 Å². The van der Waals surface area contributed by atoms with Gasteiger partial charge in [0.15, 0.2) is 17.5 Å². The van der Waals surface area contributed by atoms with Gasteiger partial charge in [-0.25, -0.2) is 4.99 Å². The predicted octanol–water partition coefficient (Wildman–Crippen LogP) is 2.65. The first-order chi connectivity index (χ1) is 14.0. The molecule has 1 aliphatic rings. The van der Waals surface area contributed by atoms with Crippen LogP contribution in [0.1, 0.15) is 26.3 Å². The highest BCUT2D eigenvalue weighted by molar-refractivity contribution is 14.0. The zero-order valence-corrected chi connectivity index (χ0v) is 21.7. The fourth-order valence-electron chi connectivity index (χ4n) is 3.63. The van der Waals surface area contributed by atoms with Crippen LogP contribution in [0.4, 0.5) is 0 Å². The first-order valence-electron chi connectivity index (χ1n) is 10.6. The van der Waals surface area contributed by atoms with Crippen LogP contribution in [0, 0.1) is 5.92 Å². The quantitative estimate of drug-likeness (QED) is 0.289. The van der Waals surface area contributed by atoms with E-state index in [1.165, 1.54) is 0 Å². The Bertz CT molecular complexity index is 648. The molecule has 1 heterocycles. The molecule has 2 rings (SSSR count). The minimum atomic E-state index is 0. The molecule has 1 unspecified atom stereocenters. The van der Waals surface area contributed by atoms with Gasteiger partial charge in [0.05, 0.1) is 20.8 Å². The van der Waals surface area contributed by atoms with Crippen LogP contribution < -0.4 is 20.1 Å². The van der Waals surface area contributed by atoms with E-state index in [2.05, 4.69) is 48.3 Å². The molecular weight excluding hydrogens is 493 g/mol. The Kier molecular flexibility index (Phi) is 12.4. The molecule has 172 valence electrons. The van der Waals surface area contributed by atoms with Gasteiger partial charge in [0.25, 0.3) is 0 Å². The van der Waals surface area contributed by atoms with Crippen LogP contribution in [-0.2, 0) is 6.54 Å². The van der Waals surface area contributed by atoms with Crippen LogP contribution in [0.5, 0.6) is 11.5 Å². The fraction of sp³-hybridized carbons (Fsp3) is 0.682. The number of ether oxygens (including phenoxy) is 2. The number of guanidine groups is 1. The van der Waals surface area contributed by atoms with E-state index in [9.17, 15) is 0 Å². The van der Waals surface area contributed by atoms with E-state index in [0.29, 0.717) is 18.5 Å². The summed E-state index contributed by atoms with van der Waals surface area (Å²) in [6.45, 7) is 13.5. The Hall–Kier alpha value is -1.26. The summed E-state index contributed by atoms with van der Waals surface area (Å²) in [5.41, 5.74) is 1.08. The molecule has 8 heteroatoms. The maximum atomic E-state index is 5.40. The van der Waals surface area contributed by atoms with Crippen LogP contribution in [0.2, 0.25) is 0 Å². The highest BCUT2D eigenvalue weighted by Crippen LogP contribution is 2.27. The second-order valence-corrected chi connectivity index (χ2v) is 7.92. The van der Waals surface area contributed by atoms with E-state index < -0.39 is 0 Å². The lowest BCUT2D eigenvalue weighted by Gasteiger charge is -2.40. The Balaban J connectivity index is 0.00000450. The molecule has 0 aromatic heterocycles. The standard InChI is InChI=1S/C22H39N5O2.HI/c1-7-23-22(24-15-18-8-9-20(28-5)21(14-18)29-6)25-16-19(17(2)3)27-12-10-26(4)11-13-27;/h8-9,14,17,19H,7,10-13,15-16H2,1-6H3,(H2,23,24,25);1H. The molecule has 0 saturated carbocycles. The molecule has 1 saturated heterocycles. The SMILES string of the molecule is CCNC(=NCc1ccc(OC)c(OC)c1)NCC(C(C)C)N1CCN(C)CC1.I. The minimum Gasteiger partial charge on any atom is -0.493 e. The lowest BCUT2D eigenvalue weighted by Crippen LogP contribution is -2.55. The zero-order valence-electron chi connectivity index (χ0n) is 19.4. The van der Waals surface area contributed by atoms with E-state index in [4.69, 9.17) is 14.5 Å². The molecular formula is C22H40IN5O2. The van der Waals surface area contributed by atoms with E-state index >= 15 is 0 Å². The van der Waals surface area contributed by atoms with Gasteiger partial charge in [0.1, 0.15) is 0 Å². The summed E-state index contributed by atoms with van der Waals surface area (Å²) in [6, 6.07) is 6.42. The Morgan fingerprint density at radius 2 is 1.73 bits per heavy atom. The van der Waals surface area contributed by atoms with Crippen molar-refractivity contribution in [2.45, 2.75) is 33.4 Å². The fourth-order valence-corrected chi connectivity index (χ4v) is 3.63. The molecule has 1 aromatic rings. The van der Waals surface area contributed by atoms with Crippen molar-refractivity contribution in [2.24, 2.45) is 10.9 Å². The molecule has 0 aliphatic carbocycles. The monoisotopic (exact) mass is 533 g/mol. The van der Waals surface area contributed by atoms with E-state index in [1.54, 1.807) is 14.2 Å². The maximum Gasteiger partial charge on any atom is 0.191 e. The normalized spacial score (nSPS) is 16.7. The first-order valence-corrected chi connectivity index (χ1v) is 10.6. The molecule has 1 aromatic carbocycles. The van der Waals surface area contributed by atoms with Crippen LogP contribution >= 0.6 is 24.0 Å². The third-order valence-corrected chi connectivity index (χ3v) is 5.47. The Morgan fingerprint density at radius 1 is 1.07 bits per heavy atom. The summed E-state index contributed by atoms with van der Waals surface area (Å²) in [5.74, 6) is 2.90. The number of rotatable bonds is 9. The van der Waals surface area contributed by atoms with Crippen molar-refractivity contribution in [3.05, 3.63) is 23.8 Å². The van der Waals surface area contributed by atoms with Gasteiger partial charge in [-0.05, 0) is 37.6 Å². The number of aliphatic imine (C=N–C) groups is 1. The van der Waals surface area contributed by atoms with Crippen molar-refractivity contribution in [2.75, 3.05) is 60.5 Å². The average molecular weight is 533 g/mol. The zero-order chi connectivity index (χ0) is 21.2. The minimum absolute atomic E-state index is 0. The highest BCUT2D eigenvalue weighted by atomic mass is 127. The number of nitrogens with zero attached hydrogens (tertiary/aromatic N) is 3. The van der Waals surface area contributed by atoms with Gasteiger partial charge >= 0.3 is 0 Å². The Labute approximate surface area is 199 Å². The second kappa shape index (κ2) is 13.9. The van der Waals surface area contributed by atoms with Crippen molar-refractivity contribution < 1.29 is 9.47 Å². The molecule has 30 heavy (non-hydrogen) atoms. The molecule has 0 spiro atoms. The molecule has 1 aliphatic heterocycles. The summed E-state index contributed by atoms with van der Waals surface area (Å²) in [6.07, 6.45) is 0. The van der Waals surface area contributed by atoms with Crippen molar-refractivity contribution in [3.63, 3.8) is 0 Å². The summed E-state index contributed by atoms with van der Waals surface area (Å²) in [4.78, 5) is 9.78. The van der Waals surface area contributed by atoms with Gasteiger partial charge < -0.3 is 25.0 Å². The second-order valence-electron chi connectivity index (χ2n) is 7.92. The average Bonchev–Trinajstić information content (AvgIpc) is 2.72. The number of methoxy groups -OCH3 is 2. The number of nitrogens with one attached hydrogen (secondary N) is 2. The first kappa shape index (κ1) is 26.8. The third-order valence-electron chi connectivity index (χ3n) is 5.47. The molecule has 0 radical (unpaired) electrons. The molecule has 1 fully saturated rings. The summed E-state index contributed by atoms with van der Waals surface area (Å²) < 4.78 is 10.7. The topological polar surface area (TPSA) is 61.4 Å². The van der Waals surface area contributed by atoms with Gasteiger partial charge in [-0.2, -0.15) is 0 Å². The van der Waals surface area contributed by atoms with Gasteiger partial charge in [-0.15, -0.1) is 24.0 Å². The van der Waals surface area contributed by atoms with E-state index in [-0.39, 0.29) is 24.0 Å². The summed E-state index contributed by atoms with van der Waals surface area (Å²) in [7, 11) is 5.50. The summed E-state index contributed by atoms with van der Waals surface area (Å²) in [5, 5.41) is 6.92. The Morgan fingerprint density at radius 3 is 2.30 bits per heavy atom. The number of halogens is 1. The van der Waals surface area contributed by atoms with Gasteiger partial charge in [-0.3, -0.25) is 4.90 Å². The number of benzene rings is 1. The van der Waals surface area contributed by atoms with Crippen molar-refractivity contribution in [3.8, 4) is 11.5 Å². The highest BCUT2D eigenvalue weighted by Gasteiger charge is 2.25. The number of piperazine rings is 1. The van der Waals surface area contributed by atoms with Gasteiger partial charge in [-0.1, -0.05) is 19.9 Å². The van der Waals surface area contributed by atoms with E-state index in [0.717, 1.165) is 62.3 Å². The van der Waals surface area contributed by atoms with Gasteiger partial charge in [0.2, 0.25) is 0 Å². The van der Waals surface area contributed by atoms with Crippen LogP contribution in [-0.4, -0.2) is 82.3 Å². The molecule has 2 N–H and O–H groups in total. The number of likely N-dealkylation sites (N-methyl/N-ethyl adjacent to an activating group) is 1. The third kappa shape index (κ3) is 8.11. The summed E-state index contributed by atoms with van der Waals surface area (Å²) >= 11 is 0.